The first-order valence-electron chi connectivity index (χ1n) is 8.96. The molecule has 152 valence electrons. The van der Waals surface area contributed by atoms with Crippen molar-refractivity contribution in [3.63, 3.8) is 0 Å². The molecule has 1 amide bonds. The number of carbonyl (C=O) groups is 2. The summed E-state index contributed by atoms with van der Waals surface area (Å²) >= 11 is 2.67. The third kappa shape index (κ3) is 6.79. The lowest BCUT2D eigenvalue weighted by molar-refractivity contribution is -0.145. The molecule has 2 N–H and O–H groups in total. The van der Waals surface area contributed by atoms with Gasteiger partial charge >= 0.3 is 5.97 Å². The van der Waals surface area contributed by atoms with Gasteiger partial charge in [-0.15, -0.1) is 10.2 Å². The van der Waals surface area contributed by atoms with Gasteiger partial charge in [-0.25, -0.2) is 4.79 Å². The van der Waals surface area contributed by atoms with Crippen LogP contribution in [0.15, 0.2) is 22.5 Å². The lowest BCUT2D eigenvalue weighted by Crippen LogP contribution is -2.43. The summed E-state index contributed by atoms with van der Waals surface area (Å²) in [4.78, 5) is 24.0. The number of hydrogen-bond acceptors (Lipinski definition) is 8. The van der Waals surface area contributed by atoms with E-state index >= 15 is 0 Å². The standard InChI is InChI=1S/C19H26N4O3S2/c1-11(2)8-15(17(25)26-5)20-16(24)10-27-19-23-22-18(28-19)21-14-7-6-12(3)9-13(14)4/h6-7,9,11,15H,8,10H2,1-5H3,(H,20,24)(H,21,22)/t15-/m0/s1. The Bertz CT molecular complexity index is 823. The topological polar surface area (TPSA) is 93.2 Å². The molecule has 0 spiro atoms. The number of thioether (sulfide) groups is 1. The molecule has 2 aromatic rings. The Balaban J connectivity index is 1.89. The van der Waals surface area contributed by atoms with E-state index in [-0.39, 0.29) is 17.6 Å². The summed E-state index contributed by atoms with van der Waals surface area (Å²) in [6.07, 6.45) is 0.534. The highest BCUT2D eigenvalue weighted by Crippen LogP contribution is 2.28. The second-order valence-electron chi connectivity index (χ2n) is 6.88. The molecule has 0 bridgehead atoms. The summed E-state index contributed by atoms with van der Waals surface area (Å²) in [5, 5.41) is 14.9. The molecule has 0 aliphatic carbocycles. The number of aryl methyl sites for hydroxylation is 2. The molecule has 0 radical (unpaired) electrons. The predicted molar refractivity (Wildman–Crippen MR) is 113 cm³/mol. The van der Waals surface area contributed by atoms with Crippen LogP contribution in [0.2, 0.25) is 0 Å². The van der Waals surface area contributed by atoms with Crippen LogP contribution in [-0.2, 0) is 14.3 Å². The van der Waals surface area contributed by atoms with Gasteiger partial charge in [-0.3, -0.25) is 4.79 Å². The Labute approximate surface area is 173 Å². The van der Waals surface area contributed by atoms with Crippen molar-refractivity contribution in [3.05, 3.63) is 29.3 Å². The maximum atomic E-state index is 12.2. The normalized spacial score (nSPS) is 11.9. The average molecular weight is 423 g/mol. The number of ether oxygens (including phenoxy) is 1. The van der Waals surface area contributed by atoms with Crippen LogP contribution in [-0.4, -0.2) is 41.0 Å². The number of hydrogen-bond donors (Lipinski definition) is 2. The zero-order chi connectivity index (χ0) is 20.7. The molecule has 28 heavy (non-hydrogen) atoms. The van der Waals surface area contributed by atoms with Crippen LogP contribution in [0.4, 0.5) is 10.8 Å². The molecule has 0 fully saturated rings. The van der Waals surface area contributed by atoms with E-state index in [9.17, 15) is 9.59 Å². The molecule has 0 aliphatic rings. The van der Waals surface area contributed by atoms with Crippen molar-refractivity contribution < 1.29 is 14.3 Å². The third-order valence-corrected chi connectivity index (χ3v) is 5.86. The van der Waals surface area contributed by atoms with Crippen LogP contribution in [0, 0.1) is 19.8 Å². The van der Waals surface area contributed by atoms with Gasteiger partial charge in [0.05, 0.1) is 12.9 Å². The van der Waals surface area contributed by atoms with E-state index in [1.165, 1.54) is 35.8 Å². The van der Waals surface area contributed by atoms with Crippen molar-refractivity contribution >= 4 is 45.8 Å². The van der Waals surface area contributed by atoms with Gasteiger partial charge in [-0.2, -0.15) is 0 Å². The molecule has 7 nitrogen and oxygen atoms in total. The number of aromatic nitrogens is 2. The van der Waals surface area contributed by atoms with Gasteiger partial charge in [-0.1, -0.05) is 54.6 Å². The molecule has 1 atom stereocenters. The lowest BCUT2D eigenvalue weighted by Gasteiger charge is -2.17. The molecular weight excluding hydrogens is 396 g/mol. The fourth-order valence-corrected chi connectivity index (χ4v) is 4.15. The molecule has 0 saturated heterocycles. The summed E-state index contributed by atoms with van der Waals surface area (Å²) in [6.45, 7) is 8.06. The maximum absolute atomic E-state index is 12.2. The van der Waals surface area contributed by atoms with Crippen molar-refractivity contribution in [1.29, 1.82) is 0 Å². The van der Waals surface area contributed by atoms with Crippen molar-refractivity contribution in [2.24, 2.45) is 5.92 Å². The molecule has 0 aliphatic heterocycles. The Morgan fingerprint density at radius 1 is 1.25 bits per heavy atom. The number of nitrogens with one attached hydrogen (secondary N) is 2. The van der Waals surface area contributed by atoms with E-state index in [0.29, 0.717) is 15.9 Å². The number of amides is 1. The lowest BCUT2D eigenvalue weighted by atomic mass is 10.0. The van der Waals surface area contributed by atoms with Crippen LogP contribution in [0.1, 0.15) is 31.4 Å². The number of nitrogens with zero attached hydrogens (tertiary/aromatic N) is 2. The first-order chi connectivity index (χ1) is 13.3. The zero-order valence-electron chi connectivity index (χ0n) is 16.7. The van der Waals surface area contributed by atoms with Crippen molar-refractivity contribution in [2.45, 2.75) is 44.5 Å². The molecule has 1 heterocycles. The summed E-state index contributed by atoms with van der Waals surface area (Å²) in [7, 11) is 1.32. The molecule has 2 rings (SSSR count). The highest BCUT2D eigenvalue weighted by Gasteiger charge is 2.22. The number of esters is 1. The van der Waals surface area contributed by atoms with E-state index in [2.05, 4.69) is 26.9 Å². The molecule has 9 heteroatoms. The van der Waals surface area contributed by atoms with Crippen molar-refractivity contribution in [1.82, 2.24) is 15.5 Å². The molecule has 1 aromatic carbocycles. The number of anilines is 2. The smallest absolute Gasteiger partial charge is 0.328 e. The summed E-state index contributed by atoms with van der Waals surface area (Å²) in [5.41, 5.74) is 3.30. The van der Waals surface area contributed by atoms with Gasteiger partial charge in [0.1, 0.15) is 6.04 Å². The number of rotatable bonds is 9. The van der Waals surface area contributed by atoms with Crippen LogP contribution >= 0.6 is 23.1 Å². The minimum atomic E-state index is -0.630. The van der Waals surface area contributed by atoms with Crippen molar-refractivity contribution in [2.75, 3.05) is 18.2 Å². The molecule has 1 aromatic heterocycles. The maximum Gasteiger partial charge on any atom is 0.328 e. The highest BCUT2D eigenvalue weighted by molar-refractivity contribution is 8.01. The predicted octanol–water partition coefficient (Wildman–Crippen LogP) is 3.69. The minimum Gasteiger partial charge on any atom is -0.467 e. The Morgan fingerprint density at radius 3 is 2.64 bits per heavy atom. The van der Waals surface area contributed by atoms with E-state index in [4.69, 9.17) is 4.74 Å². The SMILES string of the molecule is COC(=O)[C@H](CC(C)C)NC(=O)CSc1nnc(Nc2ccc(C)cc2C)s1. The monoisotopic (exact) mass is 422 g/mol. The Kier molecular flexibility index (Phi) is 8.25. The van der Waals surface area contributed by atoms with Gasteiger partial charge in [0.15, 0.2) is 4.34 Å². The molecule has 0 saturated carbocycles. The van der Waals surface area contributed by atoms with Gasteiger partial charge in [0.2, 0.25) is 11.0 Å². The highest BCUT2D eigenvalue weighted by atomic mass is 32.2. The van der Waals surface area contributed by atoms with Crippen LogP contribution in [0.5, 0.6) is 0 Å². The number of methoxy groups -OCH3 is 1. The number of carbonyl (C=O) groups excluding carboxylic acids is 2. The molecule has 0 unspecified atom stereocenters. The second-order valence-corrected chi connectivity index (χ2v) is 9.08. The quantitative estimate of drug-likeness (QED) is 0.470. The fourth-order valence-electron chi connectivity index (χ4n) is 2.58. The van der Waals surface area contributed by atoms with E-state index in [1.54, 1.807) is 0 Å². The average Bonchev–Trinajstić information content (AvgIpc) is 3.08. The van der Waals surface area contributed by atoms with E-state index in [0.717, 1.165) is 11.3 Å². The third-order valence-electron chi connectivity index (χ3n) is 3.88. The first kappa shape index (κ1) is 22.2. The summed E-state index contributed by atoms with van der Waals surface area (Å²) < 4.78 is 5.45. The summed E-state index contributed by atoms with van der Waals surface area (Å²) in [5.74, 6) is -0.244. The Morgan fingerprint density at radius 2 is 2.00 bits per heavy atom. The van der Waals surface area contributed by atoms with Crippen LogP contribution in [0.3, 0.4) is 0 Å². The van der Waals surface area contributed by atoms with Gasteiger partial charge in [0.25, 0.3) is 0 Å². The van der Waals surface area contributed by atoms with Crippen LogP contribution < -0.4 is 10.6 Å². The fraction of sp³-hybridized carbons (Fsp3) is 0.474. The zero-order valence-corrected chi connectivity index (χ0v) is 18.4. The largest absolute Gasteiger partial charge is 0.467 e. The summed E-state index contributed by atoms with van der Waals surface area (Å²) in [6, 6.07) is 5.51. The van der Waals surface area contributed by atoms with E-state index in [1.807, 2.05) is 39.8 Å². The number of benzene rings is 1. The van der Waals surface area contributed by atoms with Gasteiger partial charge < -0.3 is 15.4 Å². The van der Waals surface area contributed by atoms with Gasteiger partial charge in [0, 0.05) is 5.69 Å². The van der Waals surface area contributed by atoms with Crippen molar-refractivity contribution in [3.8, 4) is 0 Å². The second kappa shape index (κ2) is 10.4. The van der Waals surface area contributed by atoms with Gasteiger partial charge in [-0.05, 0) is 37.8 Å². The minimum absolute atomic E-state index is 0.157. The van der Waals surface area contributed by atoms with E-state index < -0.39 is 12.0 Å². The first-order valence-corrected chi connectivity index (χ1v) is 10.8. The van der Waals surface area contributed by atoms with Crippen LogP contribution in [0.25, 0.3) is 0 Å². The molecular formula is C19H26N4O3S2. The Hall–Kier alpha value is -2.13.